The Balaban J connectivity index is 2.58. The molecule has 0 aromatic carbocycles. The van der Waals surface area contributed by atoms with Gasteiger partial charge in [-0.05, 0) is 25.4 Å². The van der Waals surface area contributed by atoms with Crippen LogP contribution in [0.4, 0.5) is 10.8 Å². The summed E-state index contributed by atoms with van der Waals surface area (Å²) in [7, 11) is 0. The molecule has 0 unspecified atom stereocenters. The zero-order chi connectivity index (χ0) is 7.56. The van der Waals surface area contributed by atoms with Crippen LogP contribution < -0.4 is 11.1 Å². The second-order valence-electron chi connectivity index (χ2n) is 2.42. The van der Waals surface area contributed by atoms with E-state index in [0.29, 0.717) is 11.9 Å². The van der Waals surface area contributed by atoms with Crippen LogP contribution in [-0.2, 0) is 0 Å². The van der Waals surface area contributed by atoms with Crippen LogP contribution in [-0.4, -0.2) is 10.4 Å². The van der Waals surface area contributed by atoms with Gasteiger partial charge >= 0.3 is 0 Å². The molecule has 0 saturated carbocycles. The number of nitrogens with two attached hydrogens (primary N) is 1. The number of nitrogen functional groups attached to an aromatic ring is 1. The highest BCUT2D eigenvalue weighted by atomic mass is 32.1. The third kappa shape index (κ3) is 1.88. The Morgan fingerprint density at radius 2 is 2.40 bits per heavy atom. The Kier molecular flexibility index (Phi) is 2.11. The van der Waals surface area contributed by atoms with E-state index < -0.39 is 0 Å². The molecule has 0 amide bonds. The number of nitrogens with zero attached hydrogens (tertiary/aromatic N) is 1. The molecule has 0 radical (unpaired) electrons. The van der Waals surface area contributed by atoms with E-state index in [1.165, 1.54) is 11.5 Å². The van der Waals surface area contributed by atoms with E-state index in [4.69, 9.17) is 5.73 Å². The molecule has 0 saturated heterocycles. The first-order valence-corrected chi connectivity index (χ1v) is 3.94. The minimum Gasteiger partial charge on any atom is -0.383 e. The van der Waals surface area contributed by atoms with Crippen LogP contribution in [0.3, 0.4) is 0 Å². The summed E-state index contributed by atoms with van der Waals surface area (Å²) in [4.78, 5) is 0. The van der Waals surface area contributed by atoms with Crippen molar-refractivity contribution in [1.29, 1.82) is 0 Å². The fourth-order valence-corrected chi connectivity index (χ4v) is 1.36. The summed E-state index contributed by atoms with van der Waals surface area (Å²) in [6, 6.07) is 2.28. The summed E-state index contributed by atoms with van der Waals surface area (Å²) in [5, 5.41) is 4.24. The van der Waals surface area contributed by atoms with Gasteiger partial charge in [0.05, 0.1) is 0 Å². The predicted molar refractivity (Wildman–Crippen MR) is 45.3 cm³/mol. The van der Waals surface area contributed by atoms with E-state index in [9.17, 15) is 0 Å². The number of hydrogen-bond donors (Lipinski definition) is 2. The van der Waals surface area contributed by atoms with Crippen molar-refractivity contribution in [3.63, 3.8) is 0 Å². The van der Waals surface area contributed by atoms with E-state index in [1.54, 1.807) is 0 Å². The summed E-state index contributed by atoms with van der Waals surface area (Å²) >= 11 is 1.39. The molecule has 0 atom stereocenters. The third-order valence-corrected chi connectivity index (χ3v) is 1.69. The highest BCUT2D eigenvalue weighted by Crippen LogP contribution is 2.17. The van der Waals surface area contributed by atoms with Crippen molar-refractivity contribution in [3.8, 4) is 0 Å². The van der Waals surface area contributed by atoms with Crippen LogP contribution in [0.15, 0.2) is 6.07 Å². The molecule has 0 bridgehead atoms. The number of anilines is 2. The van der Waals surface area contributed by atoms with Gasteiger partial charge in [0.25, 0.3) is 0 Å². The smallest absolute Gasteiger partial charge is 0.139 e. The molecule has 1 rings (SSSR count). The van der Waals surface area contributed by atoms with Crippen molar-refractivity contribution in [2.24, 2.45) is 0 Å². The van der Waals surface area contributed by atoms with Gasteiger partial charge < -0.3 is 11.1 Å². The van der Waals surface area contributed by atoms with E-state index in [0.717, 1.165) is 5.00 Å². The summed E-state index contributed by atoms with van der Waals surface area (Å²) in [6.45, 7) is 4.16. The molecule has 0 aliphatic heterocycles. The van der Waals surface area contributed by atoms with Crippen LogP contribution >= 0.6 is 11.5 Å². The SMILES string of the molecule is CC(C)Nc1cc(N)ns1. The Labute approximate surface area is 64.4 Å². The van der Waals surface area contributed by atoms with Crippen molar-refractivity contribution in [1.82, 2.24) is 4.37 Å². The molecule has 1 aromatic rings. The second kappa shape index (κ2) is 2.88. The first-order valence-electron chi connectivity index (χ1n) is 3.17. The molecule has 3 nitrogen and oxygen atoms in total. The molecular weight excluding hydrogens is 146 g/mol. The largest absolute Gasteiger partial charge is 0.383 e. The quantitative estimate of drug-likeness (QED) is 0.684. The lowest BCUT2D eigenvalue weighted by molar-refractivity contribution is 0.904. The Morgan fingerprint density at radius 1 is 1.70 bits per heavy atom. The molecule has 3 N–H and O–H groups in total. The first-order chi connectivity index (χ1) is 4.68. The predicted octanol–water partition coefficient (Wildman–Crippen LogP) is 1.55. The Hall–Kier alpha value is -0.770. The monoisotopic (exact) mass is 157 g/mol. The first kappa shape index (κ1) is 7.34. The molecule has 0 fully saturated rings. The number of nitrogens with one attached hydrogen (secondary N) is 1. The Morgan fingerprint density at radius 3 is 2.80 bits per heavy atom. The molecule has 56 valence electrons. The average Bonchev–Trinajstić information content (AvgIpc) is 2.13. The van der Waals surface area contributed by atoms with Gasteiger partial charge in [-0.25, -0.2) is 0 Å². The number of rotatable bonds is 2. The molecule has 1 aromatic heterocycles. The zero-order valence-electron chi connectivity index (χ0n) is 6.09. The summed E-state index contributed by atoms with van der Waals surface area (Å²) in [5.41, 5.74) is 5.41. The third-order valence-electron chi connectivity index (χ3n) is 0.959. The van der Waals surface area contributed by atoms with Gasteiger partial charge in [-0.3, -0.25) is 0 Å². The van der Waals surface area contributed by atoms with E-state index in [2.05, 4.69) is 23.5 Å². The van der Waals surface area contributed by atoms with Gasteiger partial charge in [0.2, 0.25) is 0 Å². The fourth-order valence-electron chi connectivity index (χ4n) is 0.641. The van der Waals surface area contributed by atoms with Crippen LogP contribution in [0.25, 0.3) is 0 Å². The summed E-state index contributed by atoms with van der Waals surface area (Å²) in [5.74, 6) is 0.591. The molecule has 0 aliphatic carbocycles. The highest BCUT2D eigenvalue weighted by Gasteiger charge is 1.98. The van der Waals surface area contributed by atoms with Gasteiger partial charge in [0, 0.05) is 12.1 Å². The molecule has 10 heavy (non-hydrogen) atoms. The maximum absolute atomic E-state index is 5.41. The van der Waals surface area contributed by atoms with Gasteiger partial charge in [0.15, 0.2) is 0 Å². The van der Waals surface area contributed by atoms with E-state index in [-0.39, 0.29) is 0 Å². The van der Waals surface area contributed by atoms with Gasteiger partial charge in [-0.15, -0.1) is 0 Å². The van der Waals surface area contributed by atoms with Crippen LogP contribution in [0.1, 0.15) is 13.8 Å². The van der Waals surface area contributed by atoms with Gasteiger partial charge in [-0.2, -0.15) is 4.37 Å². The second-order valence-corrected chi connectivity index (χ2v) is 3.22. The van der Waals surface area contributed by atoms with Crippen molar-refractivity contribution >= 4 is 22.4 Å². The number of aromatic nitrogens is 1. The van der Waals surface area contributed by atoms with Crippen LogP contribution in [0.2, 0.25) is 0 Å². The summed E-state index contributed by atoms with van der Waals surface area (Å²) < 4.78 is 3.93. The zero-order valence-corrected chi connectivity index (χ0v) is 6.90. The average molecular weight is 157 g/mol. The maximum atomic E-state index is 5.41. The lowest BCUT2D eigenvalue weighted by Gasteiger charge is -2.04. The van der Waals surface area contributed by atoms with Crippen molar-refractivity contribution in [3.05, 3.63) is 6.07 Å². The van der Waals surface area contributed by atoms with Crippen LogP contribution in [0, 0.1) is 0 Å². The lowest BCUT2D eigenvalue weighted by atomic mass is 10.4. The minimum absolute atomic E-state index is 0.444. The fraction of sp³-hybridized carbons (Fsp3) is 0.500. The standard InChI is InChI=1S/C6H11N3S/c1-4(2)8-6-3-5(7)9-10-6/h3-4,8H,1-2H3,(H2,7,9). The van der Waals surface area contributed by atoms with E-state index >= 15 is 0 Å². The molecule has 1 heterocycles. The topological polar surface area (TPSA) is 50.9 Å². The van der Waals surface area contributed by atoms with Crippen molar-refractivity contribution < 1.29 is 0 Å². The molecule has 0 aliphatic rings. The van der Waals surface area contributed by atoms with Crippen LogP contribution in [0.5, 0.6) is 0 Å². The lowest BCUT2D eigenvalue weighted by Crippen LogP contribution is -2.07. The normalized spacial score (nSPS) is 10.3. The molecule has 4 heteroatoms. The highest BCUT2D eigenvalue weighted by molar-refractivity contribution is 7.10. The maximum Gasteiger partial charge on any atom is 0.139 e. The van der Waals surface area contributed by atoms with Gasteiger partial charge in [0.1, 0.15) is 10.8 Å². The molecule has 0 spiro atoms. The van der Waals surface area contributed by atoms with Gasteiger partial charge in [-0.1, -0.05) is 0 Å². The molecular formula is C6H11N3S. The summed E-state index contributed by atoms with van der Waals surface area (Å²) in [6.07, 6.45) is 0. The van der Waals surface area contributed by atoms with Crippen molar-refractivity contribution in [2.45, 2.75) is 19.9 Å². The van der Waals surface area contributed by atoms with Crippen molar-refractivity contribution in [2.75, 3.05) is 11.1 Å². The van der Waals surface area contributed by atoms with E-state index in [1.807, 2.05) is 6.07 Å². The Bertz CT molecular complexity index is 207. The number of hydrogen-bond acceptors (Lipinski definition) is 4. The minimum atomic E-state index is 0.444.